The number of hydrogen-bond donors (Lipinski definition) is 0. The third-order valence-corrected chi connectivity index (χ3v) is 7.27. The molecule has 1 fully saturated rings. The zero-order valence-electron chi connectivity index (χ0n) is 18.0. The topological polar surface area (TPSA) is 36.0 Å². The second-order valence-corrected chi connectivity index (χ2v) is 9.40. The van der Waals surface area contributed by atoms with E-state index < -0.39 is 0 Å². The van der Waals surface area contributed by atoms with Gasteiger partial charge in [-0.2, -0.15) is 0 Å². The summed E-state index contributed by atoms with van der Waals surface area (Å²) in [6.07, 6.45) is 1.58. The van der Waals surface area contributed by atoms with Crippen molar-refractivity contribution in [2.45, 2.75) is 38.9 Å². The fourth-order valence-corrected chi connectivity index (χ4v) is 5.29. The summed E-state index contributed by atoms with van der Waals surface area (Å²) < 4.78 is 5.50. The predicted molar refractivity (Wildman–Crippen MR) is 122 cm³/mol. The average Bonchev–Trinajstić information content (AvgIpc) is 3.25. The molecule has 1 amide bonds. The molecule has 1 aromatic carbocycles. The number of ether oxygens (including phenoxy) is 1. The van der Waals surface area contributed by atoms with Crippen LogP contribution in [0.2, 0.25) is 0 Å². The Balaban J connectivity index is 1.35. The van der Waals surface area contributed by atoms with Crippen LogP contribution in [0.3, 0.4) is 0 Å². The number of carbonyl (C=O) groups is 1. The first-order valence-electron chi connectivity index (χ1n) is 11.1. The van der Waals surface area contributed by atoms with E-state index in [9.17, 15) is 4.79 Å². The smallest absolute Gasteiger partial charge is 0.224 e. The molecular formula is C24H33N3O2S. The quantitative estimate of drug-likeness (QED) is 0.648. The van der Waals surface area contributed by atoms with Gasteiger partial charge in [0.05, 0.1) is 13.2 Å². The number of hydrogen-bond acceptors (Lipinski definition) is 5. The van der Waals surface area contributed by atoms with E-state index in [1.165, 1.54) is 16.0 Å². The van der Waals surface area contributed by atoms with Gasteiger partial charge in [-0.05, 0) is 35.9 Å². The van der Waals surface area contributed by atoms with E-state index >= 15 is 0 Å². The standard InChI is InChI=1S/C24H33N3O2S/c1-20(17-25-12-14-29-15-13-25)26(18-21-5-3-2-4-6-21)11-8-24(28)27-10-7-23-22(19-27)9-16-30-23/h2-6,9,16,20H,7-8,10-15,17-19H2,1H3. The molecule has 0 bridgehead atoms. The SMILES string of the molecule is CC(CN1CCOCC1)N(CCC(=O)N1CCc2sccc2C1)Cc1ccccc1. The van der Waals surface area contributed by atoms with E-state index in [0.717, 1.165) is 65.4 Å². The zero-order chi connectivity index (χ0) is 20.8. The predicted octanol–water partition coefficient (Wildman–Crippen LogP) is 3.25. The third-order valence-electron chi connectivity index (χ3n) is 6.25. The molecule has 0 spiro atoms. The molecule has 2 aromatic rings. The lowest BCUT2D eigenvalue weighted by Gasteiger charge is -2.35. The van der Waals surface area contributed by atoms with Crippen LogP contribution >= 0.6 is 11.3 Å². The van der Waals surface area contributed by atoms with Gasteiger partial charge in [0.2, 0.25) is 5.91 Å². The molecule has 1 saturated heterocycles. The maximum absolute atomic E-state index is 13.0. The summed E-state index contributed by atoms with van der Waals surface area (Å²) in [7, 11) is 0. The van der Waals surface area contributed by atoms with E-state index in [-0.39, 0.29) is 5.91 Å². The minimum Gasteiger partial charge on any atom is -0.379 e. The van der Waals surface area contributed by atoms with Crippen LogP contribution in [0.4, 0.5) is 0 Å². The van der Waals surface area contributed by atoms with Crippen molar-refractivity contribution in [1.29, 1.82) is 0 Å². The van der Waals surface area contributed by atoms with Crippen LogP contribution in [-0.2, 0) is 29.0 Å². The number of rotatable bonds is 8. The zero-order valence-corrected chi connectivity index (χ0v) is 18.8. The van der Waals surface area contributed by atoms with Gasteiger partial charge < -0.3 is 9.64 Å². The molecule has 6 heteroatoms. The fourth-order valence-electron chi connectivity index (χ4n) is 4.40. The Morgan fingerprint density at radius 1 is 1.17 bits per heavy atom. The highest BCUT2D eigenvalue weighted by Gasteiger charge is 2.24. The summed E-state index contributed by atoms with van der Waals surface area (Å²) in [5.74, 6) is 0.281. The summed E-state index contributed by atoms with van der Waals surface area (Å²) in [5.41, 5.74) is 2.64. The van der Waals surface area contributed by atoms with Crippen molar-refractivity contribution >= 4 is 17.2 Å². The molecule has 4 rings (SSSR count). The van der Waals surface area contributed by atoms with Gasteiger partial charge in [0.25, 0.3) is 0 Å². The molecule has 5 nitrogen and oxygen atoms in total. The van der Waals surface area contributed by atoms with Gasteiger partial charge in [0.15, 0.2) is 0 Å². The number of nitrogens with zero attached hydrogens (tertiary/aromatic N) is 3. The first kappa shape index (κ1) is 21.5. The maximum atomic E-state index is 13.0. The second-order valence-electron chi connectivity index (χ2n) is 8.40. The lowest BCUT2D eigenvalue weighted by molar-refractivity contribution is -0.132. The number of amides is 1. The first-order chi connectivity index (χ1) is 14.7. The molecule has 0 saturated carbocycles. The van der Waals surface area contributed by atoms with Crippen LogP contribution in [-0.4, -0.2) is 72.6 Å². The number of carbonyl (C=O) groups excluding carboxylic acids is 1. The lowest BCUT2D eigenvalue weighted by Crippen LogP contribution is -2.47. The summed E-state index contributed by atoms with van der Waals surface area (Å²) in [6, 6.07) is 13.2. The normalized spacial score (nSPS) is 18.4. The highest BCUT2D eigenvalue weighted by atomic mass is 32.1. The van der Waals surface area contributed by atoms with Gasteiger partial charge in [-0.15, -0.1) is 11.3 Å². The minimum absolute atomic E-state index is 0.281. The Labute approximate surface area is 184 Å². The number of thiophene rings is 1. The van der Waals surface area contributed by atoms with Crippen molar-refractivity contribution in [3.8, 4) is 0 Å². The van der Waals surface area contributed by atoms with E-state index in [4.69, 9.17) is 4.74 Å². The largest absolute Gasteiger partial charge is 0.379 e. The Morgan fingerprint density at radius 3 is 2.77 bits per heavy atom. The first-order valence-corrected chi connectivity index (χ1v) is 12.0. The van der Waals surface area contributed by atoms with Crippen LogP contribution in [0.15, 0.2) is 41.8 Å². The number of benzene rings is 1. The summed E-state index contributed by atoms with van der Waals surface area (Å²) >= 11 is 1.82. The van der Waals surface area contributed by atoms with Crippen LogP contribution in [0.1, 0.15) is 29.3 Å². The summed E-state index contributed by atoms with van der Waals surface area (Å²) in [6.45, 7) is 10.3. The van der Waals surface area contributed by atoms with Gasteiger partial charge in [-0.25, -0.2) is 0 Å². The molecule has 0 aliphatic carbocycles. The molecule has 1 atom stereocenters. The third kappa shape index (κ3) is 5.70. The highest BCUT2D eigenvalue weighted by Crippen LogP contribution is 2.24. The van der Waals surface area contributed by atoms with Gasteiger partial charge in [-0.3, -0.25) is 14.6 Å². The highest BCUT2D eigenvalue weighted by molar-refractivity contribution is 7.10. The van der Waals surface area contributed by atoms with Crippen LogP contribution < -0.4 is 0 Å². The number of fused-ring (bicyclic) bond motifs is 1. The van der Waals surface area contributed by atoms with E-state index in [1.54, 1.807) is 0 Å². The van der Waals surface area contributed by atoms with Crippen LogP contribution in [0.25, 0.3) is 0 Å². The number of morpholine rings is 1. The minimum atomic E-state index is 0.281. The van der Waals surface area contributed by atoms with Crippen LogP contribution in [0.5, 0.6) is 0 Å². The van der Waals surface area contributed by atoms with Gasteiger partial charge >= 0.3 is 0 Å². The van der Waals surface area contributed by atoms with Gasteiger partial charge in [0.1, 0.15) is 0 Å². The molecule has 1 unspecified atom stereocenters. The Kier molecular flexibility index (Phi) is 7.55. The second kappa shape index (κ2) is 10.5. The van der Waals surface area contributed by atoms with E-state index in [2.05, 4.69) is 58.5 Å². The van der Waals surface area contributed by atoms with Crippen molar-refractivity contribution in [2.24, 2.45) is 0 Å². The Bertz CT molecular complexity index is 804. The van der Waals surface area contributed by atoms with Crippen molar-refractivity contribution in [3.05, 3.63) is 57.8 Å². The Hall–Kier alpha value is -1.73. The Morgan fingerprint density at radius 2 is 1.97 bits per heavy atom. The van der Waals surface area contributed by atoms with Crippen LogP contribution in [0, 0.1) is 0 Å². The van der Waals surface area contributed by atoms with Crippen molar-refractivity contribution in [2.75, 3.05) is 45.9 Å². The molecule has 162 valence electrons. The molecule has 2 aliphatic rings. The average molecular weight is 428 g/mol. The lowest BCUT2D eigenvalue weighted by atomic mass is 10.1. The molecule has 3 heterocycles. The van der Waals surface area contributed by atoms with Crippen molar-refractivity contribution in [3.63, 3.8) is 0 Å². The maximum Gasteiger partial charge on any atom is 0.224 e. The van der Waals surface area contributed by atoms with E-state index in [1.807, 2.05) is 16.2 Å². The summed E-state index contributed by atoms with van der Waals surface area (Å²) in [4.78, 5) is 21.4. The molecule has 0 radical (unpaired) electrons. The molecule has 2 aliphatic heterocycles. The van der Waals surface area contributed by atoms with Gasteiger partial charge in [0, 0.05) is 63.2 Å². The summed E-state index contributed by atoms with van der Waals surface area (Å²) in [5, 5.41) is 2.15. The van der Waals surface area contributed by atoms with Crippen molar-refractivity contribution in [1.82, 2.24) is 14.7 Å². The van der Waals surface area contributed by atoms with Crippen molar-refractivity contribution < 1.29 is 9.53 Å². The molecule has 30 heavy (non-hydrogen) atoms. The monoisotopic (exact) mass is 427 g/mol. The molecular weight excluding hydrogens is 394 g/mol. The molecule has 0 N–H and O–H groups in total. The molecule has 1 aromatic heterocycles. The van der Waals surface area contributed by atoms with E-state index in [0.29, 0.717) is 12.5 Å². The van der Waals surface area contributed by atoms with Gasteiger partial charge in [-0.1, -0.05) is 30.3 Å². The fraction of sp³-hybridized carbons (Fsp3) is 0.542.